The topological polar surface area (TPSA) is 45.4 Å². The summed E-state index contributed by atoms with van der Waals surface area (Å²) in [4.78, 5) is 1.24. The van der Waals surface area contributed by atoms with Crippen molar-refractivity contribution >= 4 is 11.8 Å². The van der Waals surface area contributed by atoms with Crippen LogP contribution in [0, 0.1) is 6.92 Å². The van der Waals surface area contributed by atoms with Crippen LogP contribution < -0.4 is 5.32 Å². The molecule has 0 bridgehead atoms. The van der Waals surface area contributed by atoms with Gasteiger partial charge in [-0.1, -0.05) is 6.92 Å². The van der Waals surface area contributed by atoms with Crippen molar-refractivity contribution in [1.82, 2.24) is 5.32 Å². The average molecular weight is 255 g/mol. The summed E-state index contributed by atoms with van der Waals surface area (Å²) in [5.74, 6) is 1.000. The minimum Gasteiger partial charge on any atom is -0.468 e. The van der Waals surface area contributed by atoms with Crippen molar-refractivity contribution in [2.24, 2.45) is 0 Å². The second kappa shape index (κ2) is 5.46. The quantitative estimate of drug-likeness (QED) is 0.849. The normalized spacial score (nSPS) is 28.8. The van der Waals surface area contributed by atoms with Gasteiger partial charge in [0.15, 0.2) is 0 Å². The molecule has 17 heavy (non-hydrogen) atoms. The van der Waals surface area contributed by atoms with Gasteiger partial charge in [-0.05, 0) is 38.8 Å². The summed E-state index contributed by atoms with van der Waals surface area (Å²) in [5, 5.41) is 13.6. The highest BCUT2D eigenvalue weighted by atomic mass is 32.2. The molecule has 4 heteroatoms. The minimum atomic E-state index is -0.0515. The Morgan fingerprint density at radius 1 is 1.65 bits per heavy atom. The van der Waals surface area contributed by atoms with Gasteiger partial charge in [0, 0.05) is 15.7 Å². The van der Waals surface area contributed by atoms with Crippen molar-refractivity contribution in [1.29, 1.82) is 0 Å². The van der Waals surface area contributed by atoms with Crippen LogP contribution in [0.1, 0.15) is 31.9 Å². The fourth-order valence-electron chi connectivity index (χ4n) is 2.59. The molecule has 1 aromatic heterocycles. The Morgan fingerprint density at radius 3 is 3.06 bits per heavy atom. The molecular weight excluding hydrogens is 234 g/mol. The zero-order valence-corrected chi connectivity index (χ0v) is 11.3. The van der Waals surface area contributed by atoms with Gasteiger partial charge in [0.05, 0.1) is 12.9 Å². The molecule has 1 aliphatic rings. The summed E-state index contributed by atoms with van der Waals surface area (Å²) in [6.45, 7) is 5.25. The molecule has 2 rings (SSSR count). The summed E-state index contributed by atoms with van der Waals surface area (Å²) in [7, 11) is 0. The predicted octanol–water partition coefficient (Wildman–Crippen LogP) is 2.57. The maximum atomic E-state index is 9.56. The van der Waals surface area contributed by atoms with Gasteiger partial charge in [-0.25, -0.2) is 0 Å². The molecule has 0 aliphatic heterocycles. The molecule has 1 aromatic rings. The van der Waals surface area contributed by atoms with E-state index in [4.69, 9.17) is 4.42 Å². The smallest absolute Gasteiger partial charge is 0.114 e. The molecule has 3 nitrogen and oxygen atoms in total. The molecule has 0 amide bonds. The first-order valence-electron chi connectivity index (χ1n) is 6.26. The van der Waals surface area contributed by atoms with Crippen molar-refractivity contribution in [3.05, 3.63) is 18.1 Å². The summed E-state index contributed by atoms with van der Waals surface area (Å²) in [6.07, 6.45) is 5.00. The van der Waals surface area contributed by atoms with E-state index in [1.165, 1.54) is 4.90 Å². The summed E-state index contributed by atoms with van der Waals surface area (Å²) in [5.41, 5.74) is -0.0515. The summed E-state index contributed by atoms with van der Waals surface area (Å²) in [6, 6.07) is 2.03. The molecule has 2 atom stereocenters. The number of aryl methyl sites for hydroxylation is 1. The van der Waals surface area contributed by atoms with Gasteiger partial charge in [0.25, 0.3) is 0 Å². The van der Waals surface area contributed by atoms with E-state index in [0.717, 1.165) is 31.6 Å². The van der Waals surface area contributed by atoms with Crippen LogP contribution in [0.3, 0.4) is 0 Å². The van der Waals surface area contributed by atoms with Crippen molar-refractivity contribution in [3.63, 3.8) is 0 Å². The Morgan fingerprint density at radius 2 is 2.47 bits per heavy atom. The number of furan rings is 1. The Hall–Kier alpha value is -0.450. The SMILES string of the molecule is CCNC1(CO)CCC(Sc2ccoc2C)C1. The number of aliphatic hydroxyl groups is 1. The van der Waals surface area contributed by atoms with Crippen LogP contribution in [-0.4, -0.2) is 29.0 Å². The van der Waals surface area contributed by atoms with E-state index >= 15 is 0 Å². The third-order valence-electron chi connectivity index (χ3n) is 3.52. The lowest BCUT2D eigenvalue weighted by Crippen LogP contribution is -2.46. The van der Waals surface area contributed by atoms with Crippen molar-refractivity contribution in [2.45, 2.75) is 48.8 Å². The van der Waals surface area contributed by atoms with Crippen LogP contribution in [0.15, 0.2) is 21.6 Å². The van der Waals surface area contributed by atoms with Crippen LogP contribution in [0.2, 0.25) is 0 Å². The lowest BCUT2D eigenvalue weighted by atomic mass is 9.99. The molecule has 96 valence electrons. The molecule has 2 N–H and O–H groups in total. The van der Waals surface area contributed by atoms with E-state index in [2.05, 4.69) is 12.2 Å². The number of rotatable bonds is 5. The van der Waals surface area contributed by atoms with Crippen molar-refractivity contribution in [2.75, 3.05) is 13.2 Å². The van der Waals surface area contributed by atoms with Crippen LogP contribution >= 0.6 is 11.8 Å². The molecule has 1 heterocycles. The Balaban J connectivity index is 1.95. The Kier molecular flexibility index (Phi) is 4.17. The first-order chi connectivity index (χ1) is 8.19. The molecule has 1 saturated carbocycles. The molecule has 0 aromatic carbocycles. The highest BCUT2D eigenvalue weighted by molar-refractivity contribution is 8.00. The Labute approximate surface area is 107 Å². The van der Waals surface area contributed by atoms with E-state index in [-0.39, 0.29) is 12.1 Å². The molecular formula is C13H21NO2S. The van der Waals surface area contributed by atoms with Crippen LogP contribution in [-0.2, 0) is 0 Å². The van der Waals surface area contributed by atoms with E-state index in [1.807, 2.05) is 24.8 Å². The van der Waals surface area contributed by atoms with Gasteiger partial charge in [0.2, 0.25) is 0 Å². The lowest BCUT2D eigenvalue weighted by molar-refractivity contribution is 0.167. The van der Waals surface area contributed by atoms with Gasteiger partial charge in [-0.2, -0.15) is 0 Å². The van der Waals surface area contributed by atoms with Gasteiger partial charge in [0.1, 0.15) is 5.76 Å². The molecule has 1 fully saturated rings. The van der Waals surface area contributed by atoms with Gasteiger partial charge in [-0.3, -0.25) is 0 Å². The summed E-state index contributed by atoms with van der Waals surface area (Å²) < 4.78 is 5.31. The second-order valence-corrected chi connectivity index (χ2v) is 6.13. The number of likely N-dealkylation sites (N-methyl/N-ethyl adjacent to an activating group) is 1. The fraction of sp³-hybridized carbons (Fsp3) is 0.692. The minimum absolute atomic E-state index is 0.0515. The third kappa shape index (κ3) is 2.87. The second-order valence-electron chi connectivity index (χ2n) is 4.79. The molecule has 0 saturated heterocycles. The van der Waals surface area contributed by atoms with Crippen LogP contribution in [0.5, 0.6) is 0 Å². The van der Waals surface area contributed by atoms with Gasteiger partial charge >= 0.3 is 0 Å². The highest BCUT2D eigenvalue weighted by Gasteiger charge is 2.38. The maximum Gasteiger partial charge on any atom is 0.114 e. The number of thioether (sulfide) groups is 1. The predicted molar refractivity (Wildman–Crippen MR) is 70.4 cm³/mol. The lowest BCUT2D eigenvalue weighted by Gasteiger charge is -2.27. The number of nitrogens with one attached hydrogen (secondary N) is 1. The van der Waals surface area contributed by atoms with Gasteiger partial charge < -0.3 is 14.8 Å². The first-order valence-corrected chi connectivity index (χ1v) is 7.14. The van der Waals surface area contributed by atoms with E-state index in [1.54, 1.807) is 6.26 Å². The number of aliphatic hydroxyl groups excluding tert-OH is 1. The van der Waals surface area contributed by atoms with E-state index in [0.29, 0.717) is 5.25 Å². The Bertz CT molecular complexity index is 366. The van der Waals surface area contributed by atoms with Crippen molar-refractivity contribution in [3.8, 4) is 0 Å². The van der Waals surface area contributed by atoms with Crippen LogP contribution in [0.25, 0.3) is 0 Å². The van der Waals surface area contributed by atoms with E-state index in [9.17, 15) is 5.11 Å². The zero-order chi connectivity index (χ0) is 12.3. The standard InChI is InChI=1S/C13H21NO2S/c1-3-14-13(9-15)6-4-11(8-13)17-12-5-7-16-10(12)2/h5,7,11,14-15H,3-4,6,8-9H2,1-2H3. The summed E-state index contributed by atoms with van der Waals surface area (Å²) >= 11 is 1.88. The number of hydrogen-bond donors (Lipinski definition) is 2. The zero-order valence-electron chi connectivity index (χ0n) is 10.5. The van der Waals surface area contributed by atoms with Crippen LogP contribution in [0.4, 0.5) is 0 Å². The maximum absolute atomic E-state index is 9.56. The highest BCUT2D eigenvalue weighted by Crippen LogP contribution is 2.41. The third-order valence-corrected chi connectivity index (χ3v) is 4.94. The largest absolute Gasteiger partial charge is 0.468 e. The van der Waals surface area contributed by atoms with Crippen molar-refractivity contribution < 1.29 is 9.52 Å². The van der Waals surface area contributed by atoms with E-state index < -0.39 is 0 Å². The monoisotopic (exact) mass is 255 g/mol. The average Bonchev–Trinajstić information content (AvgIpc) is 2.89. The first kappa shape index (κ1) is 13.0. The molecule has 0 spiro atoms. The number of hydrogen-bond acceptors (Lipinski definition) is 4. The molecule has 1 aliphatic carbocycles. The fourth-order valence-corrected chi connectivity index (χ4v) is 3.93. The van der Waals surface area contributed by atoms with Gasteiger partial charge in [-0.15, -0.1) is 11.8 Å². The molecule has 0 radical (unpaired) electrons. The molecule has 2 unspecified atom stereocenters.